The number of phenols is 1. The highest BCUT2D eigenvalue weighted by molar-refractivity contribution is 5.41. The number of allylic oxidation sites excluding steroid dienone is 1. The molecule has 0 spiro atoms. The summed E-state index contributed by atoms with van der Waals surface area (Å²) in [7, 11) is 1.55. The summed E-state index contributed by atoms with van der Waals surface area (Å²) in [6.45, 7) is 7.70. The van der Waals surface area contributed by atoms with E-state index in [1.165, 1.54) is 0 Å². The van der Waals surface area contributed by atoms with Crippen molar-refractivity contribution >= 4 is 0 Å². The summed E-state index contributed by atoms with van der Waals surface area (Å²) in [5, 5.41) is 13.0. The molecule has 1 aromatic rings. The van der Waals surface area contributed by atoms with E-state index in [9.17, 15) is 5.11 Å². The van der Waals surface area contributed by atoms with E-state index in [1.807, 2.05) is 12.1 Å². The number of benzene rings is 1. The zero-order chi connectivity index (χ0) is 13.4. The minimum absolute atomic E-state index is 0.192. The van der Waals surface area contributed by atoms with E-state index in [2.05, 4.69) is 18.8 Å². The SMILES string of the molecule is C=CCC(C)CCNCc1ccc(OC)c(O)c1. The average molecular weight is 249 g/mol. The van der Waals surface area contributed by atoms with Crippen LogP contribution in [0.15, 0.2) is 30.9 Å². The zero-order valence-electron chi connectivity index (χ0n) is 11.3. The van der Waals surface area contributed by atoms with E-state index in [0.29, 0.717) is 11.7 Å². The number of phenolic OH excluding ortho intramolecular Hbond substituents is 1. The van der Waals surface area contributed by atoms with Crippen LogP contribution in [0.5, 0.6) is 11.5 Å². The van der Waals surface area contributed by atoms with Crippen molar-refractivity contribution < 1.29 is 9.84 Å². The molecule has 0 aliphatic carbocycles. The summed E-state index contributed by atoms with van der Waals surface area (Å²) in [5.74, 6) is 1.37. The standard InChI is InChI=1S/C15H23NO2/c1-4-5-12(2)8-9-16-11-13-6-7-15(18-3)14(17)10-13/h4,6-7,10,12,16-17H,1,5,8-9,11H2,2-3H3. The topological polar surface area (TPSA) is 41.5 Å². The van der Waals surface area contributed by atoms with Crippen molar-refractivity contribution in [2.45, 2.75) is 26.3 Å². The summed E-state index contributed by atoms with van der Waals surface area (Å²) in [6.07, 6.45) is 4.16. The van der Waals surface area contributed by atoms with E-state index in [1.54, 1.807) is 19.2 Å². The molecule has 1 aromatic carbocycles. The predicted molar refractivity (Wildman–Crippen MR) is 75.0 cm³/mol. The summed E-state index contributed by atoms with van der Waals surface area (Å²) >= 11 is 0. The Kier molecular flexibility index (Phi) is 6.29. The summed E-state index contributed by atoms with van der Waals surface area (Å²) in [4.78, 5) is 0. The molecule has 1 unspecified atom stereocenters. The number of rotatable bonds is 8. The van der Waals surface area contributed by atoms with E-state index in [4.69, 9.17) is 4.74 Å². The van der Waals surface area contributed by atoms with Gasteiger partial charge in [-0.05, 0) is 43.0 Å². The third kappa shape index (κ3) is 4.80. The molecule has 2 N–H and O–H groups in total. The Balaban J connectivity index is 2.31. The van der Waals surface area contributed by atoms with Crippen LogP contribution < -0.4 is 10.1 Å². The number of hydrogen-bond donors (Lipinski definition) is 2. The van der Waals surface area contributed by atoms with Gasteiger partial charge < -0.3 is 15.2 Å². The zero-order valence-corrected chi connectivity index (χ0v) is 11.3. The van der Waals surface area contributed by atoms with Gasteiger partial charge in [0.05, 0.1) is 7.11 Å². The van der Waals surface area contributed by atoms with Gasteiger partial charge in [-0.3, -0.25) is 0 Å². The molecule has 3 heteroatoms. The molecule has 1 rings (SSSR count). The molecule has 1 atom stereocenters. The van der Waals surface area contributed by atoms with Crippen LogP contribution in [-0.2, 0) is 6.54 Å². The first kappa shape index (κ1) is 14.6. The fourth-order valence-corrected chi connectivity index (χ4v) is 1.83. The van der Waals surface area contributed by atoms with Crippen molar-refractivity contribution in [1.82, 2.24) is 5.32 Å². The lowest BCUT2D eigenvalue weighted by Crippen LogP contribution is -2.16. The number of aromatic hydroxyl groups is 1. The van der Waals surface area contributed by atoms with Gasteiger partial charge in [0, 0.05) is 6.54 Å². The first-order valence-corrected chi connectivity index (χ1v) is 6.35. The minimum Gasteiger partial charge on any atom is -0.504 e. The highest BCUT2D eigenvalue weighted by Crippen LogP contribution is 2.26. The largest absolute Gasteiger partial charge is 0.504 e. The third-order valence-corrected chi connectivity index (χ3v) is 2.96. The number of nitrogens with one attached hydrogen (secondary N) is 1. The van der Waals surface area contributed by atoms with Gasteiger partial charge in [-0.1, -0.05) is 19.1 Å². The normalized spacial score (nSPS) is 12.1. The molecule has 0 fully saturated rings. The molecule has 0 saturated heterocycles. The van der Waals surface area contributed by atoms with Crippen LogP contribution in [0.4, 0.5) is 0 Å². The lowest BCUT2D eigenvalue weighted by Gasteiger charge is -2.10. The molecule has 0 heterocycles. The first-order chi connectivity index (χ1) is 8.67. The fourth-order valence-electron chi connectivity index (χ4n) is 1.83. The van der Waals surface area contributed by atoms with E-state index in [0.717, 1.165) is 31.5 Å². The Labute approximate surface area is 109 Å². The summed E-state index contributed by atoms with van der Waals surface area (Å²) in [5.41, 5.74) is 1.06. The Morgan fingerprint density at radius 3 is 2.89 bits per heavy atom. The average Bonchev–Trinajstić information content (AvgIpc) is 2.35. The molecule has 18 heavy (non-hydrogen) atoms. The molecule has 3 nitrogen and oxygen atoms in total. The van der Waals surface area contributed by atoms with Crippen LogP contribution in [0.25, 0.3) is 0 Å². The molecule has 100 valence electrons. The second-order valence-corrected chi connectivity index (χ2v) is 4.60. The van der Waals surface area contributed by atoms with Crippen LogP contribution in [-0.4, -0.2) is 18.8 Å². The van der Waals surface area contributed by atoms with Crippen LogP contribution in [0.3, 0.4) is 0 Å². The second kappa shape index (κ2) is 7.77. The molecule has 0 aliphatic heterocycles. The molecular formula is C15H23NO2. The van der Waals surface area contributed by atoms with Gasteiger partial charge in [0.15, 0.2) is 11.5 Å². The lowest BCUT2D eigenvalue weighted by molar-refractivity contribution is 0.373. The van der Waals surface area contributed by atoms with Crippen molar-refractivity contribution in [2.24, 2.45) is 5.92 Å². The van der Waals surface area contributed by atoms with Gasteiger partial charge >= 0.3 is 0 Å². The minimum atomic E-state index is 0.192. The van der Waals surface area contributed by atoms with Gasteiger partial charge in [-0.2, -0.15) is 0 Å². The van der Waals surface area contributed by atoms with E-state index in [-0.39, 0.29) is 5.75 Å². The van der Waals surface area contributed by atoms with Gasteiger partial charge in [0.1, 0.15) is 0 Å². The smallest absolute Gasteiger partial charge is 0.160 e. The van der Waals surface area contributed by atoms with Crippen molar-refractivity contribution in [3.05, 3.63) is 36.4 Å². The van der Waals surface area contributed by atoms with Crippen molar-refractivity contribution in [3.8, 4) is 11.5 Å². The maximum Gasteiger partial charge on any atom is 0.160 e. The summed E-state index contributed by atoms with van der Waals surface area (Å²) < 4.78 is 5.00. The number of ether oxygens (including phenoxy) is 1. The number of methoxy groups -OCH3 is 1. The van der Waals surface area contributed by atoms with Crippen LogP contribution >= 0.6 is 0 Å². The van der Waals surface area contributed by atoms with Crippen molar-refractivity contribution in [2.75, 3.05) is 13.7 Å². The van der Waals surface area contributed by atoms with Gasteiger partial charge in [0.2, 0.25) is 0 Å². The van der Waals surface area contributed by atoms with Crippen LogP contribution in [0, 0.1) is 5.92 Å². The summed E-state index contributed by atoms with van der Waals surface area (Å²) in [6, 6.07) is 5.48. The highest BCUT2D eigenvalue weighted by atomic mass is 16.5. The Hall–Kier alpha value is -1.48. The Morgan fingerprint density at radius 2 is 2.28 bits per heavy atom. The molecule has 0 aliphatic rings. The molecule has 0 saturated carbocycles. The molecule has 0 amide bonds. The Morgan fingerprint density at radius 1 is 1.50 bits per heavy atom. The maximum absolute atomic E-state index is 9.64. The monoisotopic (exact) mass is 249 g/mol. The van der Waals surface area contributed by atoms with Gasteiger partial charge in [0.25, 0.3) is 0 Å². The predicted octanol–water partition coefficient (Wildman–Crippen LogP) is 3.09. The lowest BCUT2D eigenvalue weighted by atomic mass is 10.0. The third-order valence-electron chi connectivity index (χ3n) is 2.96. The highest BCUT2D eigenvalue weighted by Gasteiger charge is 2.03. The second-order valence-electron chi connectivity index (χ2n) is 4.60. The first-order valence-electron chi connectivity index (χ1n) is 6.35. The van der Waals surface area contributed by atoms with Crippen LogP contribution in [0.1, 0.15) is 25.3 Å². The molecule has 0 bridgehead atoms. The Bertz CT molecular complexity index is 377. The van der Waals surface area contributed by atoms with Crippen molar-refractivity contribution in [1.29, 1.82) is 0 Å². The van der Waals surface area contributed by atoms with Gasteiger partial charge in [-0.15, -0.1) is 6.58 Å². The van der Waals surface area contributed by atoms with Crippen LogP contribution in [0.2, 0.25) is 0 Å². The molecular weight excluding hydrogens is 226 g/mol. The fraction of sp³-hybridized carbons (Fsp3) is 0.467. The van der Waals surface area contributed by atoms with E-state index < -0.39 is 0 Å². The molecule has 0 aromatic heterocycles. The number of hydrogen-bond acceptors (Lipinski definition) is 3. The maximum atomic E-state index is 9.64. The van der Waals surface area contributed by atoms with Gasteiger partial charge in [-0.25, -0.2) is 0 Å². The van der Waals surface area contributed by atoms with Crippen molar-refractivity contribution in [3.63, 3.8) is 0 Å². The molecule has 0 radical (unpaired) electrons. The van der Waals surface area contributed by atoms with E-state index >= 15 is 0 Å². The quantitative estimate of drug-likeness (QED) is 0.549.